The lowest BCUT2D eigenvalue weighted by Gasteiger charge is -2.18. The van der Waals surface area contributed by atoms with Gasteiger partial charge in [0.1, 0.15) is 5.88 Å². The van der Waals surface area contributed by atoms with Gasteiger partial charge in [0.2, 0.25) is 5.91 Å². The van der Waals surface area contributed by atoms with E-state index in [9.17, 15) is 13.2 Å². The van der Waals surface area contributed by atoms with Crippen LogP contribution in [0.3, 0.4) is 0 Å². The van der Waals surface area contributed by atoms with Gasteiger partial charge in [0, 0.05) is 6.54 Å². The Morgan fingerprint density at radius 1 is 1.57 bits per heavy atom. The first kappa shape index (κ1) is 13.1. The SMILES string of the molecule is C=CC(=O)N(CCCC)CS(=O)(=O)O. The van der Waals surface area contributed by atoms with Crippen molar-refractivity contribution in [2.75, 3.05) is 12.4 Å². The molecule has 0 aliphatic carbocycles. The summed E-state index contributed by atoms with van der Waals surface area (Å²) in [5, 5.41) is 0. The summed E-state index contributed by atoms with van der Waals surface area (Å²) in [5.41, 5.74) is 0. The maximum absolute atomic E-state index is 11.1. The Kier molecular flexibility index (Phi) is 5.40. The molecular weight excluding hydrogens is 206 g/mol. The molecule has 0 fully saturated rings. The summed E-state index contributed by atoms with van der Waals surface area (Å²) in [7, 11) is -4.15. The summed E-state index contributed by atoms with van der Waals surface area (Å²) in [6.45, 7) is 5.48. The van der Waals surface area contributed by atoms with E-state index in [1.165, 1.54) is 0 Å². The monoisotopic (exact) mass is 221 g/mol. The number of amides is 1. The van der Waals surface area contributed by atoms with Gasteiger partial charge in [-0.05, 0) is 12.5 Å². The Bertz CT molecular complexity index is 296. The van der Waals surface area contributed by atoms with Crippen molar-refractivity contribution in [3.8, 4) is 0 Å². The van der Waals surface area contributed by atoms with Crippen molar-refractivity contribution in [2.45, 2.75) is 19.8 Å². The van der Waals surface area contributed by atoms with Crippen LogP contribution in [0.25, 0.3) is 0 Å². The smallest absolute Gasteiger partial charge is 0.283 e. The van der Waals surface area contributed by atoms with Crippen LogP contribution in [0.4, 0.5) is 0 Å². The summed E-state index contributed by atoms with van der Waals surface area (Å²) >= 11 is 0. The molecule has 0 aliphatic rings. The number of unbranched alkanes of at least 4 members (excludes halogenated alkanes) is 1. The van der Waals surface area contributed by atoms with Crippen molar-refractivity contribution >= 4 is 16.0 Å². The van der Waals surface area contributed by atoms with Crippen molar-refractivity contribution in [1.29, 1.82) is 0 Å². The van der Waals surface area contributed by atoms with Crippen molar-refractivity contribution in [3.05, 3.63) is 12.7 Å². The molecule has 0 aromatic heterocycles. The minimum atomic E-state index is -4.15. The molecule has 5 nitrogen and oxygen atoms in total. The van der Waals surface area contributed by atoms with Crippen molar-refractivity contribution in [2.24, 2.45) is 0 Å². The van der Waals surface area contributed by atoms with Crippen LogP contribution in [-0.2, 0) is 14.9 Å². The molecule has 0 atom stereocenters. The van der Waals surface area contributed by atoms with Crippen LogP contribution in [0, 0.1) is 0 Å². The highest BCUT2D eigenvalue weighted by Crippen LogP contribution is 1.99. The number of hydrogen-bond donors (Lipinski definition) is 1. The first-order valence-corrected chi connectivity index (χ1v) is 5.88. The summed E-state index contributed by atoms with van der Waals surface area (Å²) in [4.78, 5) is 12.2. The normalized spacial score (nSPS) is 11.0. The van der Waals surface area contributed by atoms with Crippen LogP contribution >= 0.6 is 0 Å². The molecule has 6 heteroatoms. The van der Waals surface area contributed by atoms with Crippen molar-refractivity contribution in [3.63, 3.8) is 0 Å². The van der Waals surface area contributed by atoms with E-state index in [0.29, 0.717) is 13.0 Å². The molecule has 0 bridgehead atoms. The molecular formula is C8H15NO4S. The second-order valence-corrected chi connectivity index (χ2v) is 4.29. The van der Waals surface area contributed by atoms with Crippen LogP contribution in [0.1, 0.15) is 19.8 Å². The average molecular weight is 221 g/mol. The third-order valence-electron chi connectivity index (χ3n) is 1.59. The minimum absolute atomic E-state index is 0.307. The van der Waals surface area contributed by atoms with E-state index in [2.05, 4.69) is 6.58 Å². The predicted molar refractivity (Wildman–Crippen MR) is 53.2 cm³/mol. The van der Waals surface area contributed by atoms with Gasteiger partial charge in [0.15, 0.2) is 0 Å². The summed E-state index contributed by atoms with van der Waals surface area (Å²) < 4.78 is 29.7. The van der Waals surface area contributed by atoms with Gasteiger partial charge in [-0.3, -0.25) is 9.35 Å². The number of carbonyl (C=O) groups excluding carboxylic acids is 1. The largest absolute Gasteiger partial charge is 0.322 e. The molecule has 14 heavy (non-hydrogen) atoms. The average Bonchev–Trinajstić information content (AvgIpc) is 2.09. The fourth-order valence-electron chi connectivity index (χ4n) is 0.913. The van der Waals surface area contributed by atoms with Gasteiger partial charge in [0.25, 0.3) is 10.1 Å². The molecule has 0 heterocycles. The van der Waals surface area contributed by atoms with Gasteiger partial charge in [0.05, 0.1) is 0 Å². The summed E-state index contributed by atoms with van der Waals surface area (Å²) in [6, 6.07) is 0. The lowest BCUT2D eigenvalue weighted by molar-refractivity contribution is -0.125. The van der Waals surface area contributed by atoms with Crippen molar-refractivity contribution < 1.29 is 17.8 Å². The van der Waals surface area contributed by atoms with Crippen LogP contribution in [0.15, 0.2) is 12.7 Å². The third-order valence-corrected chi connectivity index (χ3v) is 2.22. The molecule has 0 saturated carbocycles. The lowest BCUT2D eigenvalue weighted by Crippen LogP contribution is -2.35. The molecule has 0 unspecified atom stereocenters. The molecule has 82 valence electrons. The Balaban J connectivity index is 4.40. The van der Waals surface area contributed by atoms with E-state index in [1.54, 1.807) is 0 Å². The van der Waals surface area contributed by atoms with Crippen LogP contribution in [0.5, 0.6) is 0 Å². The fourth-order valence-corrected chi connectivity index (χ4v) is 1.56. The second-order valence-electron chi connectivity index (χ2n) is 2.87. The molecule has 0 aliphatic heterocycles. The van der Waals surface area contributed by atoms with Crippen LogP contribution in [-0.4, -0.2) is 36.2 Å². The number of rotatable bonds is 6. The summed E-state index contributed by atoms with van der Waals surface area (Å²) in [5.74, 6) is -1.16. The van der Waals surface area contributed by atoms with E-state index in [-0.39, 0.29) is 0 Å². The van der Waals surface area contributed by atoms with Gasteiger partial charge < -0.3 is 4.90 Å². The molecule has 0 radical (unpaired) electrons. The maximum atomic E-state index is 11.1. The Morgan fingerprint density at radius 3 is 2.50 bits per heavy atom. The molecule has 0 aromatic rings. The molecule has 1 amide bonds. The number of hydrogen-bond acceptors (Lipinski definition) is 3. The van der Waals surface area contributed by atoms with E-state index < -0.39 is 21.9 Å². The van der Waals surface area contributed by atoms with Crippen molar-refractivity contribution in [1.82, 2.24) is 4.90 Å². The zero-order chi connectivity index (χ0) is 11.2. The summed E-state index contributed by atoms with van der Waals surface area (Å²) in [6.07, 6.45) is 2.56. The van der Waals surface area contributed by atoms with E-state index in [0.717, 1.165) is 17.4 Å². The molecule has 0 rings (SSSR count). The molecule has 0 saturated heterocycles. The fraction of sp³-hybridized carbons (Fsp3) is 0.625. The van der Waals surface area contributed by atoms with Gasteiger partial charge in [-0.25, -0.2) is 0 Å². The highest BCUT2D eigenvalue weighted by Gasteiger charge is 2.16. The minimum Gasteiger partial charge on any atom is -0.322 e. The second kappa shape index (κ2) is 5.77. The Morgan fingerprint density at radius 2 is 2.14 bits per heavy atom. The quantitative estimate of drug-likeness (QED) is 0.527. The highest BCUT2D eigenvalue weighted by atomic mass is 32.2. The topological polar surface area (TPSA) is 74.7 Å². The highest BCUT2D eigenvalue weighted by molar-refractivity contribution is 7.85. The lowest BCUT2D eigenvalue weighted by atomic mass is 10.3. The first-order chi connectivity index (χ1) is 6.40. The van der Waals surface area contributed by atoms with Gasteiger partial charge in [-0.15, -0.1) is 0 Å². The maximum Gasteiger partial charge on any atom is 0.283 e. The van der Waals surface area contributed by atoms with Crippen LogP contribution in [0.2, 0.25) is 0 Å². The van der Waals surface area contributed by atoms with Gasteiger partial charge in [-0.1, -0.05) is 19.9 Å². The molecule has 0 spiro atoms. The van der Waals surface area contributed by atoms with Gasteiger partial charge in [-0.2, -0.15) is 8.42 Å². The Labute approximate surface area is 84.2 Å². The molecule has 1 N–H and O–H groups in total. The standard InChI is InChI=1S/C8H15NO4S/c1-3-5-6-9(8(10)4-2)7-14(11,12)13/h4H,2-3,5-7H2,1H3,(H,11,12,13). The molecule has 0 aromatic carbocycles. The number of nitrogens with zero attached hydrogens (tertiary/aromatic N) is 1. The van der Waals surface area contributed by atoms with Crippen LogP contribution < -0.4 is 0 Å². The first-order valence-electron chi connectivity index (χ1n) is 4.27. The van der Waals surface area contributed by atoms with E-state index in [1.807, 2.05) is 6.92 Å². The zero-order valence-electron chi connectivity index (χ0n) is 8.14. The van der Waals surface area contributed by atoms with E-state index in [4.69, 9.17) is 4.55 Å². The zero-order valence-corrected chi connectivity index (χ0v) is 8.96. The Hall–Kier alpha value is -0.880. The van der Waals surface area contributed by atoms with Gasteiger partial charge >= 0.3 is 0 Å². The van der Waals surface area contributed by atoms with E-state index >= 15 is 0 Å². The third kappa shape index (κ3) is 5.71. The number of carbonyl (C=O) groups is 1. The predicted octanol–water partition coefficient (Wildman–Crippen LogP) is 0.646.